The zero-order valence-corrected chi connectivity index (χ0v) is 15.3. The topological polar surface area (TPSA) is 24.5 Å². The van der Waals surface area contributed by atoms with Crippen LogP contribution in [-0.2, 0) is 0 Å². The van der Waals surface area contributed by atoms with E-state index in [-0.39, 0.29) is 36.7 Å². The zero-order chi connectivity index (χ0) is 14.7. The molecular formula is C16H21Cl2FN2OS. The Morgan fingerprint density at radius 1 is 1.17 bits per heavy atom. The van der Waals surface area contributed by atoms with E-state index in [1.54, 1.807) is 17.4 Å². The molecule has 0 bridgehead atoms. The van der Waals surface area contributed by atoms with Gasteiger partial charge in [-0.25, -0.2) is 4.39 Å². The molecule has 1 saturated heterocycles. The van der Waals surface area contributed by atoms with Crippen molar-refractivity contribution >= 4 is 36.2 Å². The van der Waals surface area contributed by atoms with Crippen LogP contribution < -0.4 is 10.1 Å². The summed E-state index contributed by atoms with van der Waals surface area (Å²) >= 11 is 1.70. The standard InChI is InChI=1S/C16H19FN2OS.2ClH/c1-20-16-12(4-2-5-13(16)17)15(14-6-3-11-21-14)19-9-7-18-8-10-19;;/h2-6,11,15,18H,7-10H2,1H3;2*1H/t15-;;/m1../s1. The second-order valence-electron chi connectivity index (χ2n) is 5.07. The molecule has 0 saturated carbocycles. The Labute approximate surface area is 152 Å². The van der Waals surface area contributed by atoms with E-state index in [4.69, 9.17) is 4.74 Å². The third-order valence-electron chi connectivity index (χ3n) is 3.83. The highest BCUT2D eigenvalue weighted by Crippen LogP contribution is 2.38. The summed E-state index contributed by atoms with van der Waals surface area (Å²) in [6.45, 7) is 3.81. The second-order valence-corrected chi connectivity index (χ2v) is 6.05. The summed E-state index contributed by atoms with van der Waals surface area (Å²) < 4.78 is 19.4. The van der Waals surface area contributed by atoms with E-state index in [9.17, 15) is 4.39 Å². The first-order valence-electron chi connectivity index (χ1n) is 7.12. The Bertz CT molecular complexity index is 592. The average Bonchev–Trinajstić information content (AvgIpc) is 3.03. The molecule has 0 unspecified atom stereocenters. The molecule has 3 rings (SSSR count). The van der Waals surface area contributed by atoms with Crippen molar-refractivity contribution in [2.24, 2.45) is 0 Å². The number of hydrogen-bond donors (Lipinski definition) is 1. The number of hydrogen-bond acceptors (Lipinski definition) is 4. The maximum Gasteiger partial charge on any atom is 0.165 e. The molecule has 1 N–H and O–H groups in total. The fraction of sp³-hybridized carbons (Fsp3) is 0.375. The minimum absolute atomic E-state index is 0. The molecule has 3 nitrogen and oxygen atoms in total. The molecule has 1 aliphatic heterocycles. The number of para-hydroxylation sites is 1. The molecule has 23 heavy (non-hydrogen) atoms. The first kappa shape index (κ1) is 20.2. The van der Waals surface area contributed by atoms with Gasteiger partial charge in [-0.1, -0.05) is 18.2 Å². The summed E-state index contributed by atoms with van der Waals surface area (Å²) in [5.41, 5.74) is 0.904. The average molecular weight is 379 g/mol. The molecule has 1 aromatic heterocycles. The number of benzene rings is 1. The monoisotopic (exact) mass is 378 g/mol. The summed E-state index contributed by atoms with van der Waals surface area (Å²) in [6, 6.07) is 9.39. The fourth-order valence-corrected chi connectivity index (χ4v) is 3.75. The van der Waals surface area contributed by atoms with Crippen LogP contribution in [0.5, 0.6) is 5.75 Å². The number of halogens is 3. The molecule has 0 aliphatic carbocycles. The Hall–Kier alpha value is -0.850. The van der Waals surface area contributed by atoms with Gasteiger partial charge in [-0.05, 0) is 17.5 Å². The summed E-state index contributed by atoms with van der Waals surface area (Å²) in [7, 11) is 1.53. The predicted molar refractivity (Wildman–Crippen MR) is 98.1 cm³/mol. The SMILES string of the molecule is COc1c(F)cccc1[C@H](c1cccs1)N1CCNCC1.Cl.Cl. The minimum Gasteiger partial charge on any atom is -0.493 e. The third kappa shape index (κ3) is 4.37. The number of methoxy groups -OCH3 is 1. The highest BCUT2D eigenvalue weighted by Gasteiger charge is 2.28. The van der Waals surface area contributed by atoms with Crippen LogP contribution in [0.15, 0.2) is 35.7 Å². The predicted octanol–water partition coefficient (Wildman–Crippen LogP) is 3.73. The van der Waals surface area contributed by atoms with Gasteiger partial charge in [-0.3, -0.25) is 4.90 Å². The van der Waals surface area contributed by atoms with Crippen molar-refractivity contribution in [2.45, 2.75) is 6.04 Å². The molecule has 128 valence electrons. The Kier molecular flexibility index (Phi) is 8.29. The lowest BCUT2D eigenvalue weighted by Gasteiger charge is -2.35. The number of rotatable bonds is 4. The molecule has 1 aromatic carbocycles. The van der Waals surface area contributed by atoms with Crippen LogP contribution in [0.2, 0.25) is 0 Å². The fourth-order valence-electron chi connectivity index (χ4n) is 2.87. The van der Waals surface area contributed by atoms with Gasteiger partial charge in [0.25, 0.3) is 0 Å². The first-order valence-corrected chi connectivity index (χ1v) is 8.00. The van der Waals surface area contributed by atoms with Crippen LogP contribution >= 0.6 is 36.2 Å². The highest BCUT2D eigenvalue weighted by atomic mass is 35.5. The summed E-state index contributed by atoms with van der Waals surface area (Å²) in [5.74, 6) is 0.0566. The van der Waals surface area contributed by atoms with Crippen molar-refractivity contribution in [1.82, 2.24) is 10.2 Å². The number of nitrogens with one attached hydrogen (secondary N) is 1. The molecule has 7 heteroatoms. The van der Waals surface area contributed by atoms with Crippen LogP contribution in [0.3, 0.4) is 0 Å². The summed E-state index contributed by atoms with van der Waals surface area (Å²) in [4.78, 5) is 3.61. The maximum absolute atomic E-state index is 14.1. The van der Waals surface area contributed by atoms with Gasteiger partial charge >= 0.3 is 0 Å². The van der Waals surface area contributed by atoms with Crippen molar-refractivity contribution in [2.75, 3.05) is 33.3 Å². The molecule has 2 aromatic rings. The Morgan fingerprint density at radius 3 is 2.52 bits per heavy atom. The molecule has 1 fully saturated rings. The van der Waals surface area contributed by atoms with Crippen molar-refractivity contribution in [3.8, 4) is 5.75 Å². The molecule has 0 spiro atoms. The van der Waals surface area contributed by atoms with Crippen LogP contribution in [0.25, 0.3) is 0 Å². The van der Waals surface area contributed by atoms with E-state index in [1.807, 2.05) is 12.1 Å². The largest absolute Gasteiger partial charge is 0.493 e. The Morgan fingerprint density at radius 2 is 1.91 bits per heavy atom. The molecule has 1 aliphatic rings. The third-order valence-corrected chi connectivity index (χ3v) is 4.75. The molecule has 0 amide bonds. The quantitative estimate of drug-likeness (QED) is 0.876. The maximum atomic E-state index is 14.1. The van der Waals surface area contributed by atoms with Crippen LogP contribution in [-0.4, -0.2) is 38.2 Å². The minimum atomic E-state index is -0.299. The van der Waals surface area contributed by atoms with Crippen molar-refractivity contribution < 1.29 is 9.13 Å². The van der Waals surface area contributed by atoms with Crippen LogP contribution in [0, 0.1) is 5.82 Å². The molecule has 1 atom stereocenters. The highest BCUT2D eigenvalue weighted by molar-refractivity contribution is 7.10. The van der Waals surface area contributed by atoms with Gasteiger partial charge < -0.3 is 10.1 Å². The number of piperazine rings is 1. The number of nitrogens with zero attached hydrogens (tertiary/aromatic N) is 1. The lowest BCUT2D eigenvalue weighted by Crippen LogP contribution is -2.45. The molecule has 0 radical (unpaired) electrons. The smallest absolute Gasteiger partial charge is 0.165 e. The van der Waals surface area contributed by atoms with E-state index in [0.29, 0.717) is 5.75 Å². The van der Waals surface area contributed by atoms with E-state index < -0.39 is 0 Å². The lowest BCUT2D eigenvalue weighted by atomic mass is 10.0. The van der Waals surface area contributed by atoms with Gasteiger partial charge in [0.1, 0.15) is 0 Å². The molecule has 2 heterocycles. The van der Waals surface area contributed by atoms with Crippen LogP contribution in [0.1, 0.15) is 16.5 Å². The van der Waals surface area contributed by atoms with Crippen LogP contribution in [0.4, 0.5) is 4.39 Å². The van der Waals surface area contributed by atoms with Gasteiger partial charge in [-0.15, -0.1) is 36.2 Å². The second kappa shape index (κ2) is 9.45. The first-order chi connectivity index (χ1) is 10.3. The van der Waals surface area contributed by atoms with E-state index in [0.717, 1.165) is 31.7 Å². The lowest BCUT2D eigenvalue weighted by molar-refractivity contribution is 0.197. The van der Waals surface area contributed by atoms with Crippen molar-refractivity contribution in [1.29, 1.82) is 0 Å². The van der Waals surface area contributed by atoms with Crippen molar-refractivity contribution in [3.63, 3.8) is 0 Å². The van der Waals surface area contributed by atoms with E-state index in [1.165, 1.54) is 18.1 Å². The normalized spacial score (nSPS) is 16.1. The number of ether oxygens (including phenoxy) is 1. The number of thiophene rings is 1. The van der Waals surface area contributed by atoms with Gasteiger partial charge in [0, 0.05) is 36.6 Å². The van der Waals surface area contributed by atoms with Gasteiger partial charge in [0.05, 0.1) is 13.2 Å². The van der Waals surface area contributed by atoms with Gasteiger partial charge in [0.2, 0.25) is 0 Å². The van der Waals surface area contributed by atoms with E-state index in [2.05, 4.69) is 21.7 Å². The van der Waals surface area contributed by atoms with Crippen molar-refractivity contribution in [3.05, 3.63) is 52.0 Å². The summed E-state index contributed by atoms with van der Waals surface area (Å²) in [5, 5.41) is 5.43. The zero-order valence-electron chi connectivity index (χ0n) is 12.8. The van der Waals surface area contributed by atoms with Gasteiger partial charge in [-0.2, -0.15) is 0 Å². The summed E-state index contributed by atoms with van der Waals surface area (Å²) in [6.07, 6.45) is 0. The van der Waals surface area contributed by atoms with E-state index >= 15 is 0 Å². The van der Waals surface area contributed by atoms with Gasteiger partial charge in [0.15, 0.2) is 11.6 Å². The molecular weight excluding hydrogens is 358 g/mol. The Balaban J connectivity index is 0.00000132.